The lowest BCUT2D eigenvalue weighted by atomic mass is 10.0. The highest BCUT2D eigenvalue weighted by Gasteiger charge is 2.14. The van der Waals surface area contributed by atoms with Gasteiger partial charge in [-0.15, -0.1) is 0 Å². The van der Waals surface area contributed by atoms with Gasteiger partial charge in [0.15, 0.2) is 17.5 Å². The van der Waals surface area contributed by atoms with E-state index < -0.39 is 0 Å². The van der Waals surface area contributed by atoms with Gasteiger partial charge in [0.05, 0.1) is 16.7 Å². The maximum absolute atomic E-state index is 5.05. The molecular weight excluding hydrogens is 538 g/mol. The molecule has 5 heteroatoms. The van der Waals surface area contributed by atoms with Crippen molar-refractivity contribution in [2.45, 2.75) is 0 Å². The van der Waals surface area contributed by atoms with E-state index in [1.807, 2.05) is 84.9 Å². The first-order valence-corrected chi connectivity index (χ1v) is 14.5. The molecule has 0 radical (unpaired) electrons. The number of rotatable bonds is 5. The predicted octanol–water partition coefficient (Wildman–Crippen LogP) is 9.30. The summed E-state index contributed by atoms with van der Waals surface area (Å²) in [6, 6.07) is 51.3. The number of fused-ring (bicyclic) bond motifs is 2. The fraction of sp³-hybridized carbons (Fsp3) is 0. The maximum atomic E-state index is 5.05. The molecule has 0 saturated carbocycles. The molecule has 0 fully saturated rings. The molecule has 44 heavy (non-hydrogen) atoms. The smallest absolute Gasteiger partial charge is 0.182 e. The van der Waals surface area contributed by atoms with Gasteiger partial charge in [0.1, 0.15) is 5.69 Å². The van der Waals surface area contributed by atoms with Gasteiger partial charge in [-0.2, -0.15) is 0 Å². The molecule has 0 bridgehead atoms. The molecule has 0 amide bonds. The van der Waals surface area contributed by atoms with Crippen LogP contribution in [0.15, 0.2) is 152 Å². The van der Waals surface area contributed by atoms with Crippen molar-refractivity contribution in [1.29, 1.82) is 0 Å². The van der Waals surface area contributed by atoms with Crippen LogP contribution in [0.25, 0.3) is 78.5 Å². The first-order valence-electron chi connectivity index (χ1n) is 14.5. The fourth-order valence-corrected chi connectivity index (χ4v) is 5.41. The van der Waals surface area contributed by atoms with Gasteiger partial charge < -0.3 is 0 Å². The second-order valence-electron chi connectivity index (χ2n) is 10.6. The van der Waals surface area contributed by atoms with E-state index in [1.165, 1.54) is 0 Å². The lowest BCUT2D eigenvalue weighted by molar-refractivity contribution is 1.06. The summed E-state index contributed by atoms with van der Waals surface area (Å²) in [6.45, 7) is 0. The van der Waals surface area contributed by atoms with Crippen molar-refractivity contribution in [3.8, 4) is 56.7 Å². The molecule has 5 aromatic carbocycles. The summed E-state index contributed by atoms with van der Waals surface area (Å²) in [7, 11) is 0. The number of benzene rings is 5. The van der Waals surface area contributed by atoms with Gasteiger partial charge in [0, 0.05) is 27.5 Å². The lowest BCUT2D eigenvalue weighted by Crippen LogP contribution is -2.01. The van der Waals surface area contributed by atoms with Gasteiger partial charge in [-0.05, 0) is 35.4 Å². The SMILES string of the molecule is c1ccc(-c2ccc3ccc(-c4ccc5ccc(-c6nc(-c7ccccc7)nc(-c7ccccc7)n6)nc5c4)cc3n2)cc1. The minimum Gasteiger partial charge on any atom is -0.248 e. The minimum absolute atomic E-state index is 0.536. The van der Waals surface area contributed by atoms with E-state index in [-0.39, 0.29) is 0 Å². The van der Waals surface area contributed by atoms with Gasteiger partial charge in [-0.25, -0.2) is 24.9 Å². The van der Waals surface area contributed by atoms with Crippen LogP contribution >= 0.6 is 0 Å². The molecule has 0 spiro atoms. The van der Waals surface area contributed by atoms with Crippen LogP contribution in [-0.2, 0) is 0 Å². The standard InChI is InChI=1S/C39H25N5/c1-4-10-26(11-5-1)33-22-20-27-16-18-31(24-35(27)40-33)32-19-17-28-21-23-34(41-36(28)25-32)39-43-37(29-12-6-2-7-13-29)42-38(44-39)30-14-8-3-9-15-30/h1-25H. The summed E-state index contributed by atoms with van der Waals surface area (Å²) < 4.78 is 0. The molecule has 3 heterocycles. The first kappa shape index (κ1) is 25.6. The average molecular weight is 564 g/mol. The Morgan fingerprint density at radius 3 is 1.20 bits per heavy atom. The summed E-state index contributed by atoms with van der Waals surface area (Å²) in [5.41, 5.74) is 8.59. The quantitative estimate of drug-likeness (QED) is 0.209. The van der Waals surface area contributed by atoms with Crippen molar-refractivity contribution >= 4 is 21.8 Å². The third-order valence-electron chi connectivity index (χ3n) is 7.72. The van der Waals surface area contributed by atoms with E-state index in [1.54, 1.807) is 0 Å². The molecule has 0 atom stereocenters. The molecular formula is C39H25N5. The highest BCUT2D eigenvalue weighted by Crippen LogP contribution is 2.30. The van der Waals surface area contributed by atoms with Crippen molar-refractivity contribution in [1.82, 2.24) is 24.9 Å². The van der Waals surface area contributed by atoms with Crippen LogP contribution in [0.5, 0.6) is 0 Å². The average Bonchev–Trinajstić information content (AvgIpc) is 3.11. The summed E-state index contributed by atoms with van der Waals surface area (Å²) in [6.07, 6.45) is 0. The van der Waals surface area contributed by atoms with Crippen LogP contribution in [0.1, 0.15) is 0 Å². The van der Waals surface area contributed by atoms with Gasteiger partial charge >= 0.3 is 0 Å². The van der Waals surface area contributed by atoms with E-state index in [2.05, 4.69) is 66.7 Å². The molecule has 5 nitrogen and oxygen atoms in total. The van der Waals surface area contributed by atoms with E-state index >= 15 is 0 Å². The summed E-state index contributed by atoms with van der Waals surface area (Å²) in [4.78, 5) is 24.6. The van der Waals surface area contributed by atoms with Crippen molar-refractivity contribution in [3.05, 3.63) is 152 Å². The molecule has 8 aromatic rings. The molecule has 8 rings (SSSR count). The molecule has 0 saturated heterocycles. The van der Waals surface area contributed by atoms with E-state index in [0.29, 0.717) is 23.2 Å². The molecule has 0 aliphatic carbocycles. The zero-order chi connectivity index (χ0) is 29.3. The highest BCUT2D eigenvalue weighted by atomic mass is 15.0. The Bertz CT molecular complexity index is 2210. The second-order valence-corrected chi connectivity index (χ2v) is 10.6. The molecule has 206 valence electrons. The van der Waals surface area contributed by atoms with Crippen LogP contribution in [0.3, 0.4) is 0 Å². The van der Waals surface area contributed by atoms with Crippen LogP contribution in [0.2, 0.25) is 0 Å². The van der Waals surface area contributed by atoms with Crippen molar-refractivity contribution < 1.29 is 0 Å². The molecule has 0 aliphatic rings. The molecule has 3 aromatic heterocycles. The lowest BCUT2D eigenvalue weighted by Gasteiger charge is -2.09. The number of aromatic nitrogens is 5. The molecule has 0 unspecified atom stereocenters. The number of hydrogen-bond donors (Lipinski definition) is 0. The third-order valence-corrected chi connectivity index (χ3v) is 7.72. The Morgan fingerprint density at radius 1 is 0.273 bits per heavy atom. The molecule has 0 aliphatic heterocycles. The summed E-state index contributed by atoms with van der Waals surface area (Å²) in [5.74, 6) is 1.76. The van der Waals surface area contributed by atoms with E-state index in [9.17, 15) is 0 Å². The summed E-state index contributed by atoms with van der Waals surface area (Å²) >= 11 is 0. The van der Waals surface area contributed by atoms with Gasteiger partial charge in [-0.3, -0.25) is 0 Å². The highest BCUT2D eigenvalue weighted by molar-refractivity contribution is 5.90. The Kier molecular flexibility index (Phi) is 6.39. The van der Waals surface area contributed by atoms with Gasteiger partial charge in [-0.1, -0.05) is 127 Å². The van der Waals surface area contributed by atoms with Crippen LogP contribution in [-0.4, -0.2) is 24.9 Å². The van der Waals surface area contributed by atoms with Crippen LogP contribution in [0, 0.1) is 0 Å². The maximum Gasteiger partial charge on any atom is 0.182 e. The van der Waals surface area contributed by atoms with Crippen LogP contribution < -0.4 is 0 Å². The first-order chi connectivity index (χ1) is 21.8. The van der Waals surface area contributed by atoms with Crippen LogP contribution in [0.4, 0.5) is 0 Å². The van der Waals surface area contributed by atoms with E-state index in [4.69, 9.17) is 24.9 Å². The fourth-order valence-electron chi connectivity index (χ4n) is 5.41. The Labute approximate surface area is 254 Å². The Morgan fingerprint density at radius 2 is 0.682 bits per heavy atom. The second kappa shape index (κ2) is 11.0. The normalized spacial score (nSPS) is 11.2. The largest absolute Gasteiger partial charge is 0.248 e. The van der Waals surface area contributed by atoms with Gasteiger partial charge in [0.25, 0.3) is 0 Å². The van der Waals surface area contributed by atoms with E-state index in [0.717, 1.165) is 55.3 Å². The zero-order valence-electron chi connectivity index (χ0n) is 23.7. The Balaban J connectivity index is 1.21. The Hall–Kier alpha value is -6.07. The zero-order valence-corrected chi connectivity index (χ0v) is 23.7. The number of nitrogens with zero attached hydrogens (tertiary/aromatic N) is 5. The van der Waals surface area contributed by atoms with Gasteiger partial charge in [0.2, 0.25) is 0 Å². The third kappa shape index (κ3) is 4.97. The van der Waals surface area contributed by atoms with Crippen molar-refractivity contribution in [2.24, 2.45) is 0 Å². The minimum atomic E-state index is 0.536. The van der Waals surface area contributed by atoms with Crippen molar-refractivity contribution in [3.63, 3.8) is 0 Å². The summed E-state index contributed by atoms with van der Waals surface area (Å²) in [5, 5.41) is 2.15. The van der Waals surface area contributed by atoms with Crippen molar-refractivity contribution in [2.75, 3.05) is 0 Å². The number of hydrogen-bond acceptors (Lipinski definition) is 5. The molecule has 0 N–H and O–H groups in total. The number of pyridine rings is 2. The predicted molar refractivity (Wildman–Crippen MR) is 178 cm³/mol. The monoisotopic (exact) mass is 563 g/mol. The topological polar surface area (TPSA) is 64.5 Å².